The van der Waals surface area contributed by atoms with E-state index in [1.54, 1.807) is 4.90 Å². The summed E-state index contributed by atoms with van der Waals surface area (Å²) >= 11 is 0. The van der Waals surface area contributed by atoms with Crippen molar-refractivity contribution in [1.29, 1.82) is 0 Å². The Labute approximate surface area is 138 Å². The number of benzene rings is 1. The third-order valence-corrected chi connectivity index (χ3v) is 4.55. The fourth-order valence-corrected chi connectivity index (χ4v) is 3.01. The molecule has 1 aromatic rings. The van der Waals surface area contributed by atoms with Gasteiger partial charge in [-0.1, -0.05) is 12.1 Å². The Morgan fingerprint density at radius 3 is 2.33 bits per heavy atom. The zero-order chi connectivity index (χ0) is 17.3. The normalized spacial score (nSPS) is 24.2. The van der Waals surface area contributed by atoms with Gasteiger partial charge in [0.25, 0.3) is 5.91 Å². The minimum atomic E-state index is -4.35. The summed E-state index contributed by atoms with van der Waals surface area (Å²) in [6.45, 7) is 0.709. The van der Waals surface area contributed by atoms with Gasteiger partial charge in [-0.15, -0.1) is 0 Å². The summed E-state index contributed by atoms with van der Waals surface area (Å²) in [6, 6.07) is 5.15. The summed E-state index contributed by atoms with van der Waals surface area (Å²) in [4.78, 5) is 14.4. The molecule has 132 valence electrons. The highest BCUT2D eigenvalue weighted by atomic mass is 19.4. The van der Waals surface area contributed by atoms with Crippen molar-refractivity contribution in [2.45, 2.75) is 56.7 Å². The first-order valence-corrected chi connectivity index (χ1v) is 8.20. The lowest BCUT2D eigenvalue weighted by Crippen LogP contribution is -2.40. The Morgan fingerprint density at radius 2 is 1.83 bits per heavy atom. The second kappa shape index (κ2) is 6.72. The van der Waals surface area contributed by atoms with Gasteiger partial charge in [-0.25, -0.2) is 0 Å². The van der Waals surface area contributed by atoms with E-state index in [0.29, 0.717) is 25.1 Å². The van der Waals surface area contributed by atoms with Crippen molar-refractivity contribution in [2.24, 2.45) is 5.73 Å². The van der Waals surface area contributed by atoms with E-state index in [-0.39, 0.29) is 18.1 Å². The molecule has 7 heteroatoms. The minimum absolute atomic E-state index is 0.0756. The van der Waals surface area contributed by atoms with Gasteiger partial charge in [0, 0.05) is 19.1 Å². The van der Waals surface area contributed by atoms with Crippen LogP contribution in [0.5, 0.6) is 0 Å². The predicted octanol–water partition coefficient (Wildman–Crippen LogP) is 2.70. The summed E-state index contributed by atoms with van der Waals surface area (Å²) in [5.74, 6) is -0.0756. The van der Waals surface area contributed by atoms with Crippen LogP contribution in [0, 0.1) is 0 Å². The van der Waals surface area contributed by atoms with E-state index in [1.807, 2.05) is 0 Å². The van der Waals surface area contributed by atoms with Crippen LogP contribution in [0.4, 0.5) is 13.2 Å². The maximum absolute atomic E-state index is 12.7. The Kier molecular flexibility index (Phi) is 4.83. The van der Waals surface area contributed by atoms with Crippen molar-refractivity contribution in [3.8, 4) is 0 Å². The molecule has 2 atom stereocenters. The number of rotatable bonds is 5. The van der Waals surface area contributed by atoms with Crippen LogP contribution in [0.25, 0.3) is 0 Å². The van der Waals surface area contributed by atoms with Gasteiger partial charge in [-0.3, -0.25) is 4.79 Å². The van der Waals surface area contributed by atoms with Gasteiger partial charge in [0.1, 0.15) is 6.10 Å². The summed E-state index contributed by atoms with van der Waals surface area (Å²) in [5.41, 5.74) is 5.59. The molecule has 4 nitrogen and oxygen atoms in total. The first-order valence-electron chi connectivity index (χ1n) is 8.20. The number of carbonyl (C=O) groups excluding carboxylic acids is 1. The van der Waals surface area contributed by atoms with Crippen molar-refractivity contribution < 1.29 is 22.7 Å². The number of carbonyl (C=O) groups is 1. The third kappa shape index (κ3) is 3.89. The van der Waals surface area contributed by atoms with E-state index in [9.17, 15) is 18.0 Å². The second-order valence-corrected chi connectivity index (χ2v) is 6.45. The molecule has 0 spiro atoms. The van der Waals surface area contributed by atoms with Gasteiger partial charge < -0.3 is 15.4 Å². The van der Waals surface area contributed by atoms with Crippen LogP contribution in [0.3, 0.4) is 0 Å². The Bertz CT molecular complexity index is 584. The van der Waals surface area contributed by atoms with E-state index >= 15 is 0 Å². The lowest BCUT2D eigenvalue weighted by molar-refractivity contribution is -0.144. The molecule has 1 aromatic carbocycles. The zero-order valence-corrected chi connectivity index (χ0v) is 13.3. The predicted molar refractivity (Wildman–Crippen MR) is 82.0 cm³/mol. The molecule has 1 amide bonds. The molecular formula is C17H21F3N2O2. The average molecular weight is 342 g/mol. The molecule has 1 aliphatic heterocycles. The highest BCUT2D eigenvalue weighted by molar-refractivity contribution is 5.81. The topological polar surface area (TPSA) is 55.6 Å². The summed E-state index contributed by atoms with van der Waals surface area (Å²) < 4.78 is 43.6. The fourth-order valence-electron chi connectivity index (χ4n) is 3.01. The van der Waals surface area contributed by atoms with Crippen LogP contribution in [-0.4, -0.2) is 35.6 Å². The molecule has 0 unspecified atom stereocenters. The van der Waals surface area contributed by atoms with Gasteiger partial charge in [0.05, 0.1) is 11.7 Å². The number of ether oxygens (including phenoxy) is 1. The van der Waals surface area contributed by atoms with E-state index in [1.165, 1.54) is 12.1 Å². The Balaban J connectivity index is 1.67. The minimum Gasteiger partial charge on any atom is -0.364 e. The molecular weight excluding hydrogens is 321 g/mol. The molecule has 3 rings (SSSR count). The van der Waals surface area contributed by atoms with Crippen molar-refractivity contribution >= 4 is 5.91 Å². The van der Waals surface area contributed by atoms with Crippen molar-refractivity contribution in [1.82, 2.24) is 4.90 Å². The molecule has 2 N–H and O–H groups in total. The first kappa shape index (κ1) is 17.2. The van der Waals surface area contributed by atoms with Gasteiger partial charge in [0.15, 0.2) is 0 Å². The number of hydrogen-bond acceptors (Lipinski definition) is 3. The number of hydrogen-bond donors (Lipinski definition) is 1. The maximum Gasteiger partial charge on any atom is 0.416 e. The number of alkyl halides is 3. The lowest BCUT2D eigenvalue weighted by atomic mass is 10.1. The number of nitrogens with zero attached hydrogens (tertiary/aromatic N) is 1. The van der Waals surface area contributed by atoms with Gasteiger partial charge in [-0.05, 0) is 43.4 Å². The SMILES string of the molecule is NC[C@H]1CC[C@@H](C(=O)N(Cc2ccc(C(F)(F)F)cc2)C2CC2)O1. The molecule has 0 bridgehead atoms. The lowest BCUT2D eigenvalue weighted by Gasteiger charge is -2.26. The first-order chi connectivity index (χ1) is 11.4. The van der Waals surface area contributed by atoms with Crippen LogP contribution >= 0.6 is 0 Å². The molecule has 2 fully saturated rings. The molecule has 24 heavy (non-hydrogen) atoms. The zero-order valence-electron chi connectivity index (χ0n) is 13.3. The third-order valence-electron chi connectivity index (χ3n) is 4.55. The molecule has 2 aliphatic rings. The van der Waals surface area contributed by atoms with Crippen LogP contribution < -0.4 is 5.73 Å². The highest BCUT2D eigenvalue weighted by Crippen LogP contribution is 2.33. The van der Waals surface area contributed by atoms with E-state index < -0.39 is 17.8 Å². The van der Waals surface area contributed by atoms with Crippen molar-refractivity contribution in [2.75, 3.05) is 6.54 Å². The molecule has 1 aliphatic carbocycles. The maximum atomic E-state index is 12.7. The number of halogens is 3. The second-order valence-electron chi connectivity index (χ2n) is 6.45. The van der Waals surface area contributed by atoms with E-state index in [4.69, 9.17) is 10.5 Å². The fraction of sp³-hybridized carbons (Fsp3) is 0.588. The van der Waals surface area contributed by atoms with E-state index in [0.717, 1.165) is 31.4 Å². The smallest absolute Gasteiger partial charge is 0.364 e. The summed E-state index contributed by atoms with van der Waals surface area (Å²) in [7, 11) is 0. The Morgan fingerprint density at radius 1 is 1.17 bits per heavy atom. The molecule has 0 radical (unpaired) electrons. The van der Waals surface area contributed by atoms with Crippen LogP contribution in [-0.2, 0) is 22.3 Å². The van der Waals surface area contributed by atoms with Crippen molar-refractivity contribution in [3.63, 3.8) is 0 Å². The Hall–Kier alpha value is -1.60. The molecule has 1 heterocycles. The average Bonchev–Trinajstić information content (AvgIpc) is 3.28. The largest absolute Gasteiger partial charge is 0.416 e. The van der Waals surface area contributed by atoms with Crippen LogP contribution in [0.2, 0.25) is 0 Å². The molecule has 1 saturated heterocycles. The van der Waals surface area contributed by atoms with Crippen LogP contribution in [0.1, 0.15) is 36.8 Å². The van der Waals surface area contributed by atoms with Gasteiger partial charge in [-0.2, -0.15) is 13.2 Å². The summed E-state index contributed by atoms with van der Waals surface area (Å²) in [5, 5.41) is 0. The van der Waals surface area contributed by atoms with Crippen molar-refractivity contribution in [3.05, 3.63) is 35.4 Å². The molecule has 1 saturated carbocycles. The highest BCUT2D eigenvalue weighted by Gasteiger charge is 2.39. The van der Waals surface area contributed by atoms with Crippen LogP contribution in [0.15, 0.2) is 24.3 Å². The standard InChI is InChI=1S/C17H21F3N2O2/c18-17(19,20)12-3-1-11(2-4-12)10-22(13-5-6-13)16(23)15-8-7-14(9-21)24-15/h1-4,13-15H,5-10,21H2/t14-,15+/m1/s1. The van der Waals surface area contributed by atoms with Gasteiger partial charge in [0.2, 0.25) is 0 Å². The van der Waals surface area contributed by atoms with Gasteiger partial charge >= 0.3 is 6.18 Å². The molecule has 0 aromatic heterocycles. The number of amides is 1. The summed E-state index contributed by atoms with van der Waals surface area (Å²) in [6.07, 6.45) is -1.62. The number of nitrogens with two attached hydrogens (primary N) is 1. The van der Waals surface area contributed by atoms with E-state index in [2.05, 4.69) is 0 Å². The monoisotopic (exact) mass is 342 g/mol. The quantitative estimate of drug-likeness (QED) is 0.895.